The average molecular weight is 343 g/mol. The minimum atomic E-state index is -0.0388. The minimum Gasteiger partial charge on any atom is -0.355 e. The molecule has 1 aromatic carbocycles. The van der Waals surface area contributed by atoms with E-state index in [9.17, 15) is 9.59 Å². The van der Waals surface area contributed by atoms with Crippen molar-refractivity contribution >= 4 is 11.8 Å². The van der Waals surface area contributed by atoms with Gasteiger partial charge in [0.15, 0.2) is 0 Å². The summed E-state index contributed by atoms with van der Waals surface area (Å²) < 4.78 is 0. The lowest BCUT2D eigenvalue weighted by Gasteiger charge is -2.41. The zero-order valence-corrected chi connectivity index (χ0v) is 15.3. The molecule has 2 saturated heterocycles. The number of rotatable bonds is 3. The van der Waals surface area contributed by atoms with Gasteiger partial charge in [0, 0.05) is 37.6 Å². The van der Waals surface area contributed by atoms with Crippen LogP contribution in [0.3, 0.4) is 0 Å². The molecule has 0 saturated carbocycles. The largest absolute Gasteiger partial charge is 0.355 e. The quantitative estimate of drug-likeness (QED) is 0.916. The zero-order chi connectivity index (χ0) is 17.8. The summed E-state index contributed by atoms with van der Waals surface area (Å²) in [4.78, 5) is 29.3. The van der Waals surface area contributed by atoms with Crippen LogP contribution in [0.2, 0.25) is 0 Å². The van der Waals surface area contributed by atoms with Gasteiger partial charge in [-0.05, 0) is 38.7 Å². The van der Waals surface area contributed by atoms with Crippen molar-refractivity contribution in [2.75, 3.05) is 19.6 Å². The fourth-order valence-electron chi connectivity index (χ4n) is 4.23. The van der Waals surface area contributed by atoms with E-state index in [1.165, 1.54) is 6.42 Å². The Morgan fingerprint density at radius 1 is 1.16 bits per heavy atom. The lowest BCUT2D eigenvalue weighted by Crippen LogP contribution is -2.51. The molecule has 1 aromatic rings. The van der Waals surface area contributed by atoms with Crippen molar-refractivity contribution in [2.45, 2.75) is 57.7 Å². The van der Waals surface area contributed by atoms with Crippen molar-refractivity contribution in [1.29, 1.82) is 0 Å². The smallest absolute Gasteiger partial charge is 0.237 e. The predicted octanol–water partition coefficient (Wildman–Crippen LogP) is 2.34. The van der Waals surface area contributed by atoms with Crippen LogP contribution in [-0.4, -0.2) is 53.3 Å². The van der Waals surface area contributed by atoms with Crippen molar-refractivity contribution in [2.24, 2.45) is 0 Å². The van der Waals surface area contributed by atoms with Gasteiger partial charge in [-0.1, -0.05) is 30.3 Å². The highest BCUT2D eigenvalue weighted by molar-refractivity contribution is 5.80. The molecule has 5 nitrogen and oxygen atoms in total. The number of nitrogens with one attached hydrogen (secondary N) is 1. The standard InChI is InChI=1S/C20H29N3O2/c1-15-7-6-8-16(2)23(15)20(25)14-22-12-11-21-19(24)13-18(22)17-9-4-3-5-10-17/h3-5,9-10,15-16,18H,6-8,11-14H2,1-2H3,(H,21,24)/t15-,16+,18-/m0/s1. The average Bonchev–Trinajstić information content (AvgIpc) is 2.77. The van der Waals surface area contributed by atoms with E-state index in [0.717, 1.165) is 18.4 Å². The Hall–Kier alpha value is -1.88. The Kier molecular flexibility index (Phi) is 5.74. The van der Waals surface area contributed by atoms with Crippen molar-refractivity contribution < 1.29 is 9.59 Å². The first-order valence-corrected chi connectivity index (χ1v) is 9.43. The summed E-state index contributed by atoms with van der Waals surface area (Å²) in [6, 6.07) is 10.6. The van der Waals surface area contributed by atoms with Gasteiger partial charge in [0.25, 0.3) is 0 Å². The summed E-state index contributed by atoms with van der Waals surface area (Å²) in [6.07, 6.45) is 3.76. The molecule has 2 fully saturated rings. The third-order valence-corrected chi connectivity index (χ3v) is 5.54. The number of likely N-dealkylation sites (tertiary alicyclic amines) is 1. The molecule has 1 N–H and O–H groups in total. The molecule has 5 heteroatoms. The van der Waals surface area contributed by atoms with E-state index in [-0.39, 0.29) is 17.9 Å². The Morgan fingerprint density at radius 2 is 1.84 bits per heavy atom. The number of carbonyl (C=O) groups is 2. The van der Waals surface area contributed by atoms with Gasteiger partial charge in [-0.2, -0.15) is 0 Å². The zero-order valence-electron chi connectivity index (χ0n) is 15.3. The van der Waals surface area contributed by atoms with Crippen LogP contribution >= 0.6 is 0 Å². The van der Waals surface area contributed by atoms with Crippen LogP contribution in [0.25, 0.3) is 0 Å². The maximum Gasteiger partial charge on any atom is 0.237 e. The second-order valence-corrected chi connectivity index (χ2v) is 7.38. The summed E-state index contributed by atoms with van der Waals surface area (Å²) in [6.45, 7) is 5.98. The molecule has 0 spiro atoms. The Morgan fingerprint density at radius 3 is 2.52 bits per heavy atom. The van der Waals surface area contributed by atoms with E-state index in [1.807, 2.05) is 30.3 Å². The van der Waals surface area contributed by atoms with Gasteiger partial charge in [-0.25, -0.2) is 0 Å². The van der Waals surface area contributed by atoms with Crippen molar-refractivity contribution in [3.63, 3.8) is 0 Å². The van der Waals surface area contributed by atoms with Crippen LogP contribution in [0, 0.1) is 0 Å². The number of amides is 2. The van der Waals surface area contributed by atoms with Crippen molar-refractivity contribution in [1.82, 2.24) is 15.1 Å². The lowest BCUT2D eigenvalue weighted by molar-refractivity contribution is -0.139. The van der Waals surface area contributed by atoms with Gasteiger partial charge < -0.3 is 10.2 Å². The Bertz CT molecular complexity index is 594. The van der Waals surface area contributed by atoms with E-state index in [2.05, 4.69) is 29.0 Å². The van der Waals surface area contributed by atoms with Crippen LogP contribution in [0.5, 0.6) is 0 Å². The molecule has 0 radical (unpaired) electrons. The topological polar surface area (TPSA) is 52.7 Å². The van der Waals surface area contributed by atoms with Gasteiger partial charge in [-0.15, -0.1) is 0 Å². The van der Waals surface area contributed by atoms with Gasteiger partial charge in [0.05, 0.1) is 6.54 Å². The minimum absolute atomic E-state index is 0.0388. The van der Waals surface area contributed by atoms with E-state index in [4.69, 9.17) is 0 Å². The molecule has 0 aliphatic carbocycles. The van der Waals surface area contributed by atoms with E-state index < -0.39 is 0 Å². The first-order valence-electron chi connectivity index (χ1n) is 9.43. The van der Waals surface area contributed by atoms with Crippen molar-refractivity contribution in [3.05, 3.63) is 35.9 Å². The molecule has 0 unspecified atom stereocenters. The highest BCUT2D eigenvalue weighted by atomic mass is 16.2. The van der Waals surface area contributed by atoms with Crippen LogP contribution in [0.1, 0.15) is 51.1 Å². The molecule has 2 aliphatic rings. The molecule has 136 valence electrons. The van der Waals surface area contributed by atoms with E-state index >= 15 is 0 Å². The number of hydrogen-bond donors (Lipinski definition) is 1. The molecule has 25 heavy (non-hydrogen) atoms. The molecular formula is C20H29N3O2. The second kappa shape index (κ2) is 8.00. The van der Waals surface area contributed by atoms with Gasteiger partial charge in [-0.3, -0.25) is 14.5 Å². The molecule has 2 heterocycles. The summed E-state index contributed by atoms with van der Waals surface area (Å²) in [5.74, 6) is 0.249. The summed E-state index contributed by atoms with van der Waals surface area (Å²) in [5.41, 5.74) is 1.10. The molecule has 2 amide bonds. The monoisotopic (exact) mass is 343 g/mol. The second-order valence-electron chi connectivity index (χ2n) is 7.38. The number of nitrogens with zero attached hydrogens (tertiary/aromatic N) is 2. The molecule has 0 aromatic heterocycles. The first-order chi connectivity index (χ1) is 12.1. The van der Waals surface area contributed by atoms with Gasteiger partial charge in [0.2, 0.25) is 11.8 Å². The number of hydrogen-bond acceptors (Lipinski definition) is 3. The summed E-state index contributed by atoms with van der Waals surface area (Å²) in [7, 11) is 0. The molecule has 0 bridgehead atoms. The van der Waals surface area contributed by atoms with Crippen LogP contribution < -0.4 is 5.32 Å². The molecular weight excluding hydrogens is 314 g/mol. The first kappa shape index (κ1) is 17.9. The molecule has 3 atom stereocenters. The van der Waals surface area contributed by atoms with E-state index in [1.54, 1.807) is 0 Å². The van der Waals surface area contributed by atoms with Gasteiger partial charge in [0.1, 0.15) is 0 Å². The Labute approximate surface area is 150 Å². The van der Waals surface area contributed by atoms with E-state index in [0.29, 0.717) is 38.1 Å². The molecule has 3 rings (SSSR count). The van der Waals surface area contributed by atoms with Crippen molar-refractivity contribution in [3.8, 4) is 0 Å². The third kappa shape index (κ3) is 4.21. The molecule has 2 aliphatic heterocycles. The maximum atomic E-state index is 13.0. The van der Waals surface area contributed by atoms with Gasteiger partial charge >= 0.3 is 0 Å². The highest BCUT2D eigenvalue weighted by Crippen LogP contribution is 2.27. The van der Waals surface area contributed by atoms with Crippen LogP contribution in [-0.2, 0) is 9.59 Å². The highest BCUT2D eigenvalue weighted by Gasteiger charge is 2.33. The summed E-state index contributed by atoms with van der Waals surface area (Å²) >= 11 is 0. The predicted molar refractivity (Wildman–Crippen MR) is 98.0 cm³/mol. The Balaban J connectivity index is 1.77. The third-order valence-electron chi connectivity index (χ3n) is 5.54. The van der Waals surface area contributed by atoms with Crippen LogP contribution in [0.15, 0.2) is 30.3 Å². The SMILES string of the molecule is C[C@@H]1CCC[C@H](C)N1C(=O)CN1CCNC(=O)C[C@H]1c1ccccc1. The number of piperidine rings is 1. The lowest BCUT2D eigenvalue weighted by atomic mass is 9.97. The fourth-order valence-corrected chi connectivity index (χ4v) is 4.23. The normalized spacial score (nSPS) is 28.3. The maximum absolute atomic E-state index is 13.0. The fraction of sp³-hybridized carbons (Fsp3) is 0.600. The van der Waals surface area contributed by atoms with Crippen LogP contribution in [0.4, 0.5) is 0 Å². The summed E-state index contributed by atoms with van der Waals surface area (Å²) in [5, 5.41) is 2.94. The number of benzene rings is 1. The number of carbonyl (C=O) groups excluding carboxylic acids is 2.